The van der Waals surface area contributed by atoms with Gasteiger partial charge in [0.15, 0.2) is 10.8 Å². The van der Waals surface area contributed by atoms with Crippen molar-refractivity contribution >= 4 is 17.2 Å². The van der Waals surface area contributed by atoms with Crippen LogP contribution in [-0.2, 0) is 11.3 Å². The number of rotatable bonds is 5. The number of likely N-dealkylation sites (tertiary alicyclic amines) is 1. The van der Waals surface area contributed by atoms with Crippen LogP contribution in [-0.4, -0.2) is 34.9 Å². The molecule has 1 aliphatic rings. The summed E-state index contributed by atoms with van der Waals surface area (Å²) in [4.78, 5) is 18.9. The number of nitrogens with one attached hydrogen (secondary N) is 1. The van der Waals surface area contributed by atoms with E-state index < -0.39 is 0 Å². The second-order valence-electron chi connectivity index (χ2n) is 6.77. The molecule has 1 aliphatic heterocycles. The fraction of sp³-hybridized carbons (Fsp3) is 0.556. The smallest absolute Gasteiger partial charge is 0.222 e. The summed E-state index contributed by atoms with van der Waals surface area (Å²) in [6, 6.07) is 4.25. The third kappa shape index (κ3) is 4.24. The number of aromatic nitrogens is 1. The van der Waals surface area contributed by atoms with Crippen LogP contribution in [0, 0.1) is 12.8 Å². The minimum absolute atomic E-state index is 0.0571. The first-order valence-corrected chi connectivity index (χ1v) is 9.43. The molecule has 1 N–H and O–H groups in total. The molecule has 0 aliphatic carbocycles. The standard InChI is InChI=1S/C18H25N3O2S/c1-12(2)17(22)19-14-6-8-21(9-7-14)10-15-11-24-18(20-15)16-5-4-13(3)23-16/h4-5,11-12,14H,6-10H2,1-3H3,(H,19,22). The van der Waals surface area contributed by atoms with E-state index in [0.29, 0.717) is 6.04 Å². The summed E-state index contributed by atoms with van der Waals surface area (Å²) >= 11 is 1.63. The number of hydrogen-bond donors (Lipinski definition) is 1. The van der Waals surface area contributed by atoms with Crippen molar-refractivity contribution in [2.24, 2.45) is 5.92 Å². The molecule has 0 spiro atoms. The Morgan fingerprint density at radius 1 is 1.42 bits per heavy atom. The predicted molar refractivity (Wildman–Crippen MR) is 95.8 cm³/mol. The molecule has 0 aromatic carbocycles. The monoisotopic (exact) mass is 347 g/mol. The maximum Gasteiger partial charge on any atom is 0.222 e. The Morgan fingerprint density at radius 2 is 2.17 bits per heavy atom. The van der Waals surface area contributed by atoms with Gasteiger partial charge >= 0.3 is 0 Å². The van der Waals surface area contributed by atoms with Crippen LogP contribution >= 0.6 is 11.3 Å². The van der Waals surface area contributed by atoms with Gasteiger partial charge in [-0.05, 0) is 31.9 Å². The molecule has 24 heavy (non-hydrogen) atoms. The molecule has 6 heteroatoms. The summed E-state index contributed by atoms with van der Waals surface area (Å²) in [7, 11) is 0. The highest BCUT2D eigenvalue weighted by molar-refractivity contribution is 7.13. The van der Waals surface area contributed by atoms with E-state index in [9.17, 15) is 4.79 Å². The number of aryl methyl sites for hydroxylation is 1. The van der Waals surface area contributed by atoms with Crippen LogP contribution in [0.15, 0.2) is 21.9 Å². The molecule has 2 aromatic heterocycles. The van der Waals surface area contributed by atoms with Crippen molar-refractivity contribution in [1.29, 1.82) is 0 Å². The van der Waals surface area contributed by atoms with E-state index >= 15 is 0 Å². The molecule has 5 nitrogen and oxygen atoms in total. The first-order valence-electron chi connectivity index (χ1n) is 8.55. The van der Waals surface area contributed by atoms with Crippen LogP contribution < -0.4 is 5.32 Å². The first-order chi connectivity index (χ1) is 11.5. The van der Waals surface area contributed by atoms with Gasteiger partial charge in [0, 0.05) is 37.0 Å². The van der Waals surface area contributed by atoms with E-state index in [1.165, 1.54) is 0 Å². The number of piperidine rings is 1. The van der Waals surface area contributed by atoms with E-state index in [4.69, 9.17) is 9.40 Å². The molecule has 0 atom stereocenters. The maximum absolute atomic E-state index is 11.8. The molecule has 0 radical (unpaired) electrons. The summed E-state index contributed by atoms with van der Waals surface area (Å²) in [6.07, 6.45) is 2.01. The first kappa shape index (κ1) is 17.2. The Labute approximate surface area is 147 Å². The van der Waals surface area contributed by atoms with Gasteiger partial charge in [-0.25, -0.2) is 4.98 Å². The Kier molecular flexibility index (Phi) is 5.36. The lowest BCUT2D eigenvalue weighted by Gasteiger charge is -2.32. The molecule has 1 fully saturated rings. The van der Waals surface area contributed by atoms with Gasteiger partial charge in [-0.2, -0.15) is 0 Å². The van der Waals surface area contributed by atoms with Crippen LogP contribution in [0.4, 0.5) is 0 Å². The van der Waals surface area contributed by atoms with Crippen LogP contribution in [0.5, 0.6) is 0 Å². The highest BCUT2D eigenvalue weighted by Gasteiger charge is 2.22. The SMILES string of the molecule is Cc1ccc(-c2nc(CN3CCC(NC(=O)C(C)C)CC3)cs2)o1. The molecule has 2 aromatic rings. The normalized spacial score (nSPS) is 16.7. The second-order valence-corrected chi connectivity index (χ2v) is 7.63. The van der Waals surface area contributed by atoms with Gasteiger partial charge in [0.25, 0.3) is 0 Å². The Hall–Kier alpha value is -1.66. The quantitative estimate of drug-likeness (QED) is 0.900. The zero-order valence-corrected chi connectivity index (χ0v) is 15.4. The zero-order chi connectivity index (χ0) is 17.1. The molecule has 1 amide bonds. The molecule has 3 heterocycles. The summed E-state index contributed by atoms with van der Waals surface area (Å²) in [5, 5.41) is 6.19. The van der Waals surface area contributed by atoms with Crippen LogP contribution in [0.3, 0.4) is 0 Å². The molecule has 0 unspecified atom stereocenters. The highest BCUT2D eigenvalue weighted by atomic mass is 32.1. The summed E-state index contributed by atoms with van der Waals surface area (Å²) in [5.74, 6) is 1.97. The van der Waals surface area contributed by atoms with Crippen molar-refractivity contribution in [2.45, 2.75) is 46.2 Å². The summed E-state index contributed by atoms with van der Waals surface area (Å²) in [5.41, 5.74) is 1.09. The van der Waals surface area contributed by atoms with Gasteiger partial charge in [0.05, 0.1) is 5.69 Å². The van der Waals surface area contributed by atoms with E-state index in [1.807, 2.05) is 32.9 Å². The Bertz CT molecular complexity index is 684. The maximum atomic E-state index is 11.8. The van der Waals surface area contributed by atoms with Crippen molar-refractivity contribution < 1.29 is 9.21 Å². The van der Waals surface area contributed by atoms with E-state index in [1.54, 1.807) is 11.3 Å². The molecule has 130 valence electrons. The largest absolute Gasteiger partial charge is 0.459 e. The lowest BCUT2D eigenvalue weighted by molar-refractivity contribution is -0.125. The number of hydrogen-bond acceptors (Lipinski definition) is 5. The minimum Gasteiger partial charge on any atom is -0.459 e. The lowest BCUT2D eigenvalue weighted by Crippen LogP contribution is -2.45. The Balaban J connectivity index is 1.50. The number of furan rings is 1. The van der Waals surface area contributed by atoms with Crippen molar-refractivity contribution in [1.82, 2.24) is 15.2 Å². The number of nitrogens with zero attached hydrogens (tertiary/aromatic N) is 2. The van der Waals surface area contributed by atoms with E-state index in [-0.39, 0.29) is 11.8 Å². The fourth-order valence-electron chi connectivity index (χ4n) is 2.87. The third-order valence-electron chi connectivity index (χ3n) is 4.35. The van der Waals surface area contributed by atoms with Gasteiger partial charge in [-0.15, -0.1) is 11.3 Å². The number of amides is 1. The van der Waals surface area contributed by atoms with Gasteiger partial charge in [-0.1, -0.05) is 13.8 Å². The zero-order valence-electron chi connectivity index (χ0n) is 14.5. The predicted octanol–water partition coefficient (Wildman–Crippen LogP) is 3.45. The highest BCUT2D eigenvalue weighted by Crippen LogP contribution is 2.26. The van der Waals surface area contributed by atoms with Crippen molar-refractivity contribution in [2.75, 3.05) is 13.1 Å². The van der Waals surface area contributed by atoms with Gasteiger partial charge < -0.3 is 9.73 Å². The van der Waals surface area contributed by atoms with Gasteiger partial charge in [0.2, 0.25) is 5.91 Å². The average molecular weight is 347 g/mol. The number of carbonyl (C=O) groups is 1. The van der Waals surface area contributed by atoms with Crippen LogP contribution in [0.25, 0.3) is 10.8 Å². The molecule has 3 rings (SSSR count). The second kappa shape index (κ2) is 7.49. The fourth-order valence-corrected chi connectivity index (χ4v) is 3.65. The van der Waals surface area contributed by atoms with Crippen molar-refractivity contribution in [3.63, 3.8) is 0 Å². The van der Waals surface area contributed by atoms with Gasteiger partial charge in [-0.3, -0.25) is 9.69 Å². The summed E-state index contributed by atoms with van der Waals surface area (Å²) in [6.45, 7) is 8.67. The minimum atomic E-state index is 0.0571. The average Bonchev–Trinajstić information content (AvgIpc) is 3.18. The number of carbonyl (C=O) groups excluding carboxylic acids is 1. The lowest BCUT2D eigenvalue weighted by atomic mass is 10.0. The van der Waals surface area contributed by atoms with E-state index in [0.717, 1.165) is 54.7 Å². The molecular formula is C18H25N3O2S. The molecular weight excluding hydrogens is 322 g/mol. The molecule has 0 bridgehead atoms. The van der Waals surface area contributed by atoms with E-state index in [2.05, 4.69) is 15.6 Å². The molecule has 1 saturated heterocycles. The summed E-state index contributed by atoms with van der Waals surface area (Å²) < 4.78 is 5.64. The topological polar surface area (TPSA) is 58.4 Å². The van der Waals surface area contributed by atoms with Crippen LogP contribution in [0.1, 0.15) is 38.1 Å². The molecule has 0 saturated carbocycles. The van der Waals surface area contributed by atoms with Crippen molar-refractivity contribution in [3.8, 4) is 10.8 Å². The van der Waals surface area contributed by atoms with Crippen LogP contribution in [0.2, 0.25) is 0 Å². The Morgan fingerprint density at radius 3 is 2.79 bits per heavy atom. The van der Waals surface area contributed by atoms with Crippen molar-refractivity contribution in [3.05, 3.63) is 29.0 Å². The van der Waals surface area contributed by atoms with Gasteiger partial charge in [0.1, 0.15) is 5.76 Å². The number of thiazole rings is 1. The third-order valence-corrected chi connectivity index (χ3v) is 5.25.